The van der Waals surface area contributed by atoms with E-state index in [1.165, 1.54) is 6.20 Å². The fourth-order valence-corrected chi connectivity index (χ4v) is 2.53. The van der Waals surface area contributed by atoms with Crippen molar-refractivity contribution >= 4 is 23.7 Å². The van der Waals surface area contributed by atoms with Gasteiger partial charge in [-0.25, -0.2) is 0 Å². The molecule has 8 heteroatoms. The third-order valence-corrected chi connectivity index (χ3v) is 3.67. The molecule has 0 saturated carbocycles. The maximum Gasteiger partial charge on any atom is 0.322 e. The zero-order chi connectivity index (χ0) is 15.2. The van der Waals surface area contributed by atoms with E-state index in [1.807, 2.05) is 30.3 Å². The summed E-state index contributed by atoms with van der Waals surface area (Å²) in [6.07, 6.45) is 1.82. The predicted octanol–water partition coefficient (Wildman–Crippen LogP) is 2.85. The molecule has 3 aromatic rings. The molecular formula is C14H12N4O3S. The lowest BCUT2D eigenvalue weighted by Crippen LogP contribution is -2.12. The van der Waals surface area contributed by atoms with Crippen molar-refractivity contribution < 1.29 is 13.7 Å². The fraction of sp³-hybridized carbons (Fsp3) is 0.143. The Morgan fingerprint density at radius 2 is 2.05 bits per heavy atom. The van der Waals surface area contributed by atoms with Crippen molar-refractivity contribution in [3.8, 4) is 11.7 Å². The Morgan fingerprint density at radius 1 is 1.18 bits per heavy atom. The summed E-state index contributed by atoms with van der Waals surface area (Å²) in [5.41, 5.74) is 0. The van der Waals surface area contributed by atoms with Gasteiger partial charge < -0.3 is 8.94 Å². The van der Waals surface area contributed by atoms with E-state index in [4.69, 9.17) is 8.94 Å². The number of aromatic nitrogens is 3. The SMILES string of the molecule is O=C(CCSc1ccccc1)Nc1nnc(-c2ccno2)o1. The van der Waals surface area contributed by atoms with E-state index < -0.39 is 0 Å². The number of amides is 1. The first kappa shape index (κ1) is 14.3. The van der Waals surface area contributed by atoms with E-state index >= 15 is 0 Å². The van der Waals surface area contributed by atoms with Crippen LogP contribution in [0.3, 0.4) is 0 Å². The van der Waals surface area contributed by atoms with Crippen molar-refractivity contribution in [1.82, 2.24) is 15.4 Å². The summed E-state index contributed by atoms with van der Waals surface area (Å²) < 4.78 is 10.2. The molecule has 0 aliphatic rings. The Hall–Kier alpha value is -2.61. The number of hydrogen-bond acceptors (Lipinski definition) is 7. The first-order valence-corrected chi connectivity index (χ1v) is 7.52. The van der Waals surface area contributed by atoms with Crippen LogP contribution < -0.4 is 5.32 Å². The van der Waals surface area contributed by atoms with Gasteiger partial charge in [0.15, 0.2) is 0 Å². The molecule has 112 valence electrons. The van der Waals surface area contributed by atoms with Gasteiger partial charge in [-0.2, -0.15) is 0 Å². The van der Waals surface area contributed by atoms with Crippen LogP contribution in [0.15, 0.2) is 56.4 Å². The van der Waals surface area contributed by atoms with Gasteiger partial charge in [0, 0.05) is 23.1 Å². The molecule has 1 amide bonds. The third-order valence-electron chi connectivity index (χ3n) is 2.66. The van der Waals surface area contributed by atoms with Crippen molar-refractivity contribution in [2.45, 2.75) is 11.3 Å². The number of thioether (sulfide) groups is 1. The monoisotopic (exact) mass is 316 g/mol. The minimum atomic E-state index is -0.184. The Balaban J connectivity index is 1.48. The lowest BCUT2D eigenvalue weighted by atomic mass is 10.4. The van der Waals surface area contributed by atoms with E-state index in [2.05, 4.69) is 20.7 Å². The van der Waals surface area contributed by atoms with Crippen LogP contribution in [-0.4, -0.2) is 27.0 Å². The molecule has 7 nitrogen and oxygen atoms in total. The highest BCUT2D eigenvalue weighted by atomic mass is 32.2. The maximum atomic E-state index is 11.8. The van der Waals surface area contributed by atoms with Crippen molar-refractivity contribution in [3.63, 3.8) is 0 Å². The number of nitrogens with zero attached hydrogens (tertiary/aromatic N) is 3. The summed E-state index contributed by atoms with van der Waals surface area (Å²) >= 11 is 1.61. The number of anilines is 1. The van der Waals surface area contributed by atoms with Crippen molar-refractivity contribution in [2.24, 2.45) is 0 Å². The van der Waals surface area contributed by atoms with Gasteiger partial charge in [0.1, 0.15) is 0 Å². The van der Waals surface area contributed by atoms with E-state index in [-0.39, 0.29) is 17.8 Å². The van der Waals surface area contributed by atoms with Crippen molar-refractivity contribution in [3.05, 3.63) is 42.6 Å². The summed E-state index contributed by atoms with van der Waals surface area (Å²) in [4.78, 5) is 12.9. The zero-order valence-electron chi connectivity index (χ0n) is 11.4. The Bertz CT molecular complexity index is 728. The number of carbonyl (C=O) groups is 1. The molecule has 0 aliphatic heterocycles. The van der Waals surface area contributed by atoms with Gasteiger partial charge in [0.05, 0.1) is 6.20 Å². The average molecular weight is 316 g/mol. The molecule has 0 aliphatic carbocycles. The van der Waals surface area contributed by atoms with Gasteiger partial charge in [-0.1, -0.05) is 28.5 Å². The molecule has 2 aromatic heterocycles. The lowest BCUT2D eigenvalue weighted by Gasteiger charge is -2.01. The number of rotatable bonds is 6. The molecule has 2 heterocycles. The van der Waals surface area contributed by atoms with Gasteiger partial charge in [-0.05, 0) is 12.1 Å². The summed E-state index contributed by atoms with van der Waals surface area (Å²) in [6, 6.07) is 11.5. The molecule has 22 heavy (non-hydrogen) atoms. The predicted molar refractivity (Wildman–Crippen MR) is 80.2 cm³/mol. The number of carbonyl (C=O) groups excluding carboxylic acids is 1. The molecule has 0 atom stereocenters. The highest BCUT2D eigenvalue weighted by molar-refractivity contribution is 7.99. The topological polar surface area (TPSA) is 94.1 Å². The molecule has 0 radical (unpaired) electrons. The van der Waals surface area contributed by atoms with Crippen LogP contribution in [0.25, 0.3) is 11.7 Å². The van der Waals surface area contributed by atoms with Gasteiger partial charge in [0.2, 0.25) is 11.7 Å². The maximum absolute atomic E-state index is 11.8. The molecule has 3 rings (SSSR count). The molecule has 1 N–H and O–H groups in total. The molecule has 0 unspecified atom stereocenters. The quantitative estimate of drug-likeness (QED) is 0.699. The molecule has 0 fully saturated rings. The molecule has 0 saturated heterocycles. The zero-order valence-corrected chi connectivity index (χ0v) is 12.2. The van der Waals surface area contributed by atoms with Crippen LogP contribution in [0.1, 0.15) is 6.42 Å². The van der Waals surface area contributed by atoms with Crippen LogP contribution in [0.5, 0.6) is 0 Å². The number of hydrogen-bond donors (Lipinski definition) is 1. The minimum absolute atomic E-state index is 0.0427. The van der Waals surface area contributed by atoms with E-state index in [9.17, 15) is 4.79 Å². The minimum Gasteiger partial charge on any atom is -0.400 e. The summed E-state index contributed by atoms with van der Waals surface area (Å²) in [5, 5.41) is 13.6. The fourth-order valence-electron chi connectivity index (χ4n) is 1.66. The van der Waals surface area contributed by atoms with Crippen LogP contribution in [0, 0.1) is 0 Å². The molecule has 0 spiro atoms. The Morgan fingerprint density at radius 3 is 2.82 bits per heavy atom. The van der Waals surface area contributed by atoms with Crippen LogP contribution in [0.4, 0.5) is 6.01 Å². The smallest absolute Gasteiger partial charge is 0.322 e. The summed E-state index contributed by atoms with van der Waals surface area (Å²) in [6.45, 7) is 0. The van der Waals surface area contributed by atoms with Gasteiger partial charge in [-0.15, -0.1) is 16.9 Å². The summed E-state index contributed by atoms with van der Waals surface area (Å²) in [5.74, 6) is 1.01. The average Bonchev–Trinajstić information content (AvgIpc) is 3.19. The molecule has 1 aromatic carbocycles. The second-order valence-corrected chi connectivity index (χ2v) is 5.42. The Labute approximate surface area is 130 Å². The molecular weight excluding hydrogens is 304 g/mol. The highest BCUT2D eigenvalue weighted by Crippen LogP contribution is 2.20. The molecule has 0 bridgehead atoms. The first-order chi connectivity index (χ1) is 10.8. The van der Waals surface area contributed by atoms with E-state index in [0.29, 0.717) is 17.9 Å². The van der Waals surface area contributed by atoms with Crippen molar-refractivity contribution in [1.29, 1.82) is 0 Å². The summed E-state index contributed by atoms with van der Waals surface area (Å²) in [7, 11) is 0. The van der Waals surface area contributed by atoms with Crippen LogP contribution >= 0.6 is 11.8 Å². The van der Waals surface area contributed by atoms with Gasteiger partial charge in [0.25, 0.3) is 5.89 Å². The second kappa shape index (κ2) is 6.90. The van der Waals surface area contributed by atoms with Crippen LogP contribution in [0.2, 0.25) is 0 Å². The van der Waals surface area contributed by atoms with Crippen molar-refractivity contribution in [2.75, 3.05) is 11.1 Å². The van der Waals surface area contributed by atoms with Gasteiger partial charge in [-0.3, -0.25) is 10.1 Å². The van der Waals surface area contributed by atoms with E-state index in [1.54, 1.807) is 17.8 Å². The largest absolute Gasteiger partial charge is 0.400 e. The first-order valence-electron chi connectivity index (χ1n) is 6.53. The van der Waals surface area contributed by atoms with Crippen LogP contribution in [-0.2, 0) is 4.79 Å². The third kappa shape index (κ3) is 3.73. The highest BCUT2D eigenvalue weighted by Gasteiger charge is 2.13. The number of benzene rings is 1. The normalized spacial score (nSPS) is 10.5. The Kier molecular flexibility index (Phi) is 4.50. The van der Waals surface area contributed by atoms with E-state index in [0.717, 1.165) is 4.90 Å². The van der Waals surface area contributed by atoms with Gasteiger partial charge >= 0.3 is 6.01 Å². The lowest BCUT2D eigenvalue weighted by molar-refractivity contribution is -0.115. The standard InChI is InChI=1S/C14H12N4O3S/c19-12(7-9-22-10-4-2-1-3-5-10)16-14-18-17-13(20-14)11-6-8-15-21-11/h1-6,8H,7,9H2,(H,16,18,19). The number of nitrogens with one attached hydrogen (secondary N) is 1. The second-order valence-electron chi connectivity index (χ2n) is 4.25.